The van der Waals surface area contributed by atoms with E-state index >= 15 is 0 Å². The van der Waals surface area contributed by atoms with Gasteiger partial charge in [0.1, 0.15) is 11.5 Å². The number of aromatic nitrogens is 2. The van der Waals surface area contributed by atoms with E-state index in [2.05, 4.69) is 16.1 Å². The van der Waals surface area contributed by atoms with E-state index in [9.17, 15) is 9.59 Å². The number of piperazine rings is 1. The number of fused-ring (bicyclic) bond motifs is 1. The van der Waals surface area contributed by atoms with Gasteiger partial charge in [-0.2, -0.15) is 0 Å². The molecule has 0 spiro atoms. The van der Waals surface area contributed by atoms with Gasteiger partial charge in [0.15, 0.2) is 0 Å². The summed E-state index contributed by atoms with van der Waals surface area (Å²) in [5.41, 5.74) is 4.51. The van der Waals surface area contributed by atoms with Crippen LogP contribution in [0.25, 0.3) is 22.2 Å². The first kappa shape index (κ1) is 25.8. The molecule has 0 atom stereocenters. The summed E-state index contributed by atoms with van der Waals surface area (Å²) in [5, 5.41) is 6.14. The summed E-state index contributed by atoms with van der Waals surface area (Å²) in [6.07, 6.45) is 4.04. The fourth-order valence-electron chi connectivity index (χ4n) is 5.40. The fraction of sp³-hybridized carbons (Fsp3) is 0.345. The first-order chi connectivity index (χ1) is 18.9. The largest absolute Gasteiger partial charge is 0.465 e. The van der Waals surface area contributed by atoms with Crippen LogP contribution < -0.4 is 4.90 Å². The number of carbonyl (C=O) groups is 2. The van der Waals surface area contributed by atoms with Crippen LogP contribution in [0.5, 0.6) is 0 Å². The third kappa shape index (κ3) is 4.76. The minimum Gasteiger partial charge on any atom is -0.465 e. The Morgan fingerprint density at radius 3 is 2.46 bits per heavy atom. The number of benzene rings is 2. The average Bonchev–Trinajstić information content (AvgIpc) is 3.63. The van der Waals surface area contributed by atoms with E-state index in [1.807, 2.05) is 28.6 Å². The number of aryl methyl sites for hydroxylation is 1. The van der Waals surface area contributed by atoms with Crippen molar-refractivity contribution in [3.8, 4) is 11.3 Å². The second-order valence-corrected chi connectivity index (χ2v) is 11.0. The molecule has 39 heavy (non-hydrogen) atoms. The van der Waals surface area contributed by atoms with Crippen LogP contribution in [0.2, 0.25) is 10.0 Å². The van der Waals surface area contributed by atoms with Gasteiger partial charge in [-0.3, -0.25) is 4.79 Å². The molecule has 8 nitrogen and oxygen atoms in total. The number of halogens is 2. The van der Waals surface area contributed by atoms with Crippen LogP contribution in [0.1, 0.15) is 40.4 Å². The molecule has 10 heteroatoms. The van der Waals surface area contributed by atoms with Gasteiger partial charge in [-0.05, 0) is 43.2 Å². The first-order valence-corrected chi connectivity index (χ1v) is 13.7. The normalized spacial score (nSPS) is 15.7. The smallest absolute Gasteiger partial charge is 0.340 e. The molecular formula is C29H28Cl2N4O4. The lowest BCUT2D eigenvalue weighted by Gasteiger charge is -2.36. The maximum atomic E-state index is 13.5. The van der Waals surface area contributed by atoms with Gasteiger partial charge in [0.25, 0.3) is 0 Å². The third-order valence-electron chi connectivity index (χ3n) is 7.67. The maximum Gasteiger partial charge on any atom is 0.340 e. The van der Waals surface area contributed by atoms with Crippen molar-refractivity contribution < 1.29 is 18.8 Å². The molecule has 2 aliphatic rings. The highest BCUT2D eigenvalue weighted by Crippen LogP contribution is 2.46. The number of carbonyl (C=O) groups excluding carboxylic acids is 2. The van der Waals surface area contributed by atoms with Crippen LogP contribution in [0, 0.1) is 0 Å². The molecule has 6 rings (SSSR count). The monoisotopic (exact) mass is 566 g/mol. The number of anilines is 1. The summed E-state index contributed by atoms with van der Waals surface area (Å²) in [7, 11) is 3.30. The maximum absolute atomic E-state index is 13.5. The summed E-state index contributed by atoms with van der Waals surface area (Å²) in [5.74, 6) is 0.748. The predicted molar refractivity (Wildman–Crippen MR) is 151 cm³/mol. The minimum atomic E-state index is -0.349. The highest BCUT2D eigenvalue weighted by Gasteiger charge is 2.35. The van der Waals surface area contributed by atoms with Crippen LogP contribution in [0.15, 0.2) is 47.1 Å². The lowest BCUT2D eigenvalue weighted by Crippen LogP contribution is -2.49. The molecule has 2 aromatic heterocycles. The van der Waals surface area contributed by atoms with Crippen LogP contribution in [0.4, 0.5) is 5.69 Å². The Morgan fingerprint density at radius 2 is 1.79 bits per heavy atom. The average molecular weight is 567 g/mol. The number of hydrogen-bond acceptors (Lipinski definition) is 6. The van der Waals surface area contributed by atoms with Crippen molar-refractivity contribution in [2.75, 3.05) is 38.2 Å². The van der Waals surface area contributed by atoms with Crippen molar-refractivity contribution in [2.24, 2.45) is 7.05 Å². The number of hydrogen-bond donors (Lipinski definition) is 0. The molecule has 1 aliphatic heterocycles. The summed E-state index contributed by atoms with van der Waals surface area (Å²) < 4.78 is 12.6. The van der Waals surface area contributed by atoms with Gasteiger partial charge >= 0.3 is 5.97 Å². The third-order valence-corrected chi connectivity index (χ3v) is 8.30. The van der Waals surface area contributed by atoms with E-state index in [-0.39, 0.29) is 18.3 Å². The van der Waals surface area contributed by atoms with Gasteiger partial charge < -0.3 is 23.6 Å². The Labute approximate surface area is 236 Å². The summed E-state index contributed by atoms with van der Waals surface area (Å²) >= 11 is 13.0. The number of nitrogens with zero attached hydrogens (tertiary/aromatic N) is 4. The van der Waals surface area contributed by atoms with Crippen molar-refractivity contribution in [1.82, 2.24) is 14.6 Å². The number of rotatable bonds is 6. The number of amides is 1. The van der Waals surface area contributed by atoms with E-state index in [1.54, 1.807) is 24.4 Å². The van der Waals surface area contributed by atoms with E-state index < -0.39 is 0 Å². The molecule has 1 saturated heterocycles. The van der Waals surface area contributed by atoms with Crippen molar-refractivity contribution in [1.29, 1.82) is 0 Å². The Morgan fingerprint density at radius 1 is 1.08 bits per heavy atom. The van der Waals surface area contributed by atoms with E-state index in [0.717, 1.165) is 40.8 Å². The Bertz CT molecular complexity index is 1560. The van der Waals surface area contributed by atoms with Crippen LogP contribution in [0.3, 0.4) is 0 Å². The highest BCUT2D eigenvalue weighted by atomic mass is 35.5. The first-order valence-electron chi connectivity index (χ1n) is 13.0. The van der Waals surface area contributed by atoms with Gasteiger partial charge in [0, 0.05) is 67.5 Å². The molecule has 202 valence electrons. The topological polar surface area (TPSA) is 80.8 Å². The summed E-state index contributed by atoms with van der Waals surface area (Å²) in [6, 6.07) is 11.4. The zero-order valence-electron chi connectivity index (χ0n) is 21.7. The second kappa shape index (κ2) is 10.2. The van der Waals surface area contributed by atoms with E-state index in [1.165, 1.54) is 7.11 Å². The molecule has 3 heterocycles. The fourth-order valence-corrected chi connectivity index (χ4v) is 5.97. The zero-order valence-corrected chi connectivity index (χ0v) is 23.3. The molecule has 2 aromatic carbocycles. The van der Waals surface area contributed by atoms with E-state index in [4.69, 9.17) is 32.5 Å². The minimum absolute atomic E-state index is 0.0322. The molecule has 0 N–H and O–H groups in total. The Kier molecular flexibility index (Phi) is 6.77. The molecule has 0 bridgehead atoms. The molecule has 2 fully saturated rings. The van der Waals surface area contributed by atoms with Gasteiger partial charge in [-0.1, -0.05) is 34.4 Å². The number of methoxy groups -OCH3 is 1. The van der Waals surface area contributed by atoms with Gasteiger partial charge in [-0.25, -0.2) is 4.79 Å². The molecule has 1 amide bonds. The Hall–Kier alpha value is -3.49. The zero-order chi connectivity index (χ0) is 27.3. The lowest BCUT2D eigenvalue weighted by molar-refractivity contribution is -0.130. The lowest BCUT2D eigenvalue weighted by atomic mass is 10.0. The number of ether oxygens (including phenoxy) is 1. The van der Waals surface area contributed by atoms with Crippen LogP contribution >= 0.6 is 23.2 Å². The van der Waals surface area contributed by atoms with Crippen molar-refractivity contribution >= 4 is 51.7 Å². The van der Waals surface area contributed by atoms with Crippen molar-refractivity contribution in [2.45, 2.75) is 25.2 Å². The molecular weight excluding hydrogens is 539 g/mol. The molecule has 4 aromatic rings. The van der Waals surface area contributed by atoms with E-state index in [0.29, 0.717) is 59.0 Å². The van der Waals surface area contributed by atoms with Crippen molar-refractivity contribution in [3.63, 3.8) is 0 Å². The molecule has 1 aliphatic carbocycles. The Balaban J connectivity index is 1.18. The summed E-state index contributed by atoms with van der Waals surface area (Å²) in [6.45, 7) is 2.61. The van der Waals surface area contributed by atoms with Crippen molar-refractivity contribution in [3.05, 3.63) is 69.5 Å². The van der Waals surface area contributed by atoms with Gasteiger partial charge in [-0.15, -0.1) is 0 Å². The standard InChI is InChI=1S/C29H28Cl2N4O4/c1-33-16-21(29(37)38-2)19-9-8-18(14-24(19)33)34-10-12-35(13-11-34)25(36)15-20-27(32-39-28(20)17-6-7-17)26-22(30)4-3-5-23(26)31/h3-5,8-9,14,16-17H,6-7,10-13,15H2,1-2H3. The molecule has 1 saturated carbocycles. The molecule has 0 unspecified atom stereocenters. The molecule has 0 radical (unpaired) electrons. The van der Waals surface area contributed by atoms with Crippen LogP contribution in [-0.4, -0.2) is 59.8 Å². The second-order valence-electron chi connectivity index (χ2n) is 10.1. The van der Waals surface area contributed by atoms with Crippen LogP contribution in [-0.2, 0) is 23.0 Å². The highest BCUT2D eigenvalue weighted by molar-refractivity contribution is 6.39. The van der Waals surface area contributed by atoms with Gasteiger partial charge in [0.2, 0.25) is 5.91 Å². The summed E-state index contributed by atoms with van der Waals surface area (Å²) in [4.78, 5) is 29.8. The van der Waals surface area contributed by atoms with Gasteiger partial charge in [0.05, 0.1) is 34.7 Å². The predicted octanol–water partition coefficient (Wildman–Crippen LogP) is 5.70. The quantitative estimate of drug-likeness (QED) is 0.279. The number of esters is 1. The SMILES string of the molecule is COC(=O)c1cn(C)c2cc(N3CCN(C(=O)Cc4c(-c5c(Cl)cccc5Cl)noc4C4CC4)CC3)ccc12.